The van der Waals surface area contributed by atoms with Gasteiger partial charge in [0.1, 0.15) is 11.4 Å². The lowest BCUT2D eigenvalue weighted by Gasteiger charge is -2.32. The number of hydrogen-bond acceptors (Lipinski definition) is 6. The lowest BCUT2D eigenvalue weighted by molar-refractivity contribution is 0.123. The number of fused-ring (bicyclic) bond motifs is 1. The summed E-state index contributed by atoms with van der Waals surface area (Å²) in [7, 11) is 2.18. The topological polar surface area (TPSA) is 50.3 Å². The number of likely N-dealkylation sites (N-methyl/N-ethyl adjacent to an activating group) is 1. The fourth-order valence-electron chi connectivity index (χ4n) is 2.71. The number of nitrogens with one attached hydrogen (secondary N) is 1. The van der Waals surface area contributed by atoms with Crippen LogP contribution in [0.15, 0.2) is 11.4 Å². The molecule has 3 rings (SSSR count). The lowest BCUT2D eigenvalue weighted by Crippen LogP contribution is -2.40. The number of hydrogen-bond donors (Lipinski definition) is 1. The van der Waals surface area contributed by atoms with E-state index in [0.717, 1.165) is 23.3 Å². The van der Waals surface area contributed by atoms with Crippen molar-refractivity contribution in [2.75, 3.05) is 32.1 Å². The Labute approximate surface area is 129 Å². The van der Waals surface area contributed by atoms with Gasteiger partial charge < -0.3 is 15.0 Å². The molecule has 0 spiro atoms. The van der Waals surface area contributed by atoms with E-state index in [1.165, 1.54) is 19.3 Å². The standard InChI is InChI=1S/C15H22N4OS/c1-3-16-15-17-13(12-7-9-21-14(12)18-15)20-10-11-6-4-5-8-19(11)2/h7,9,11H,3-6,8,10H2,1-2H3,(H,16,17,18). The van der Waals surface area contributed by atoms with Crippen molar-refractivity contribution in [2.24, 2.45) is 0 Å². The minimum absolute atomic E-state index is 0.491. The van der Waals surface area contributed by atoms with E-state index in [1.54, 1.807) is 11.3 Å². The predicted octanol–water partition coefficient (Wildman–Crippen LogP) is 2.99. The summed E-state index contributed by atoms with van der Waals surface area (Å²) in [6.07, 6.45) is 3.78. The van der Waals surface area contributed by atoms with Crippen molar-refractivity contribution in [1.82, 2.24) is 14.9 Å². The van der Waals surface area contributed by atoms with E-state index in [0.29, 0.717) is 24.5 Å². The molecule has 1 aliphatic rings. The molecule has 0 saturated carbocycles. The van der Waals surface area contributed by atoms with Gasteiger partial charge in [0.05, 0.1) is 5.39 Å². The maximum absolute atomic E-state index is 6.05. The third-order valence-electron chi connectivity index (χ3n) is 3.96. The molecule has 0 radical (unpaired) electrons. The normalized spacial score (nSPS) is 19.8. The van der Waals surface area contributed by atoms with Gasteiger partial charge >= 0.3 is 0 Å². The fraction of sp³-hybridized carbons (Fsp3) is 0.600. The van der Waals surface area contributed by atoms with Crippen LogP contribution in [0.5, 0.6) is 5.88 Å². The molecule has 114 valence electrons. The summed E-state index contributed by atoms with van der Waals surface area (Å²) in [6, 6.07) is 2.53. The molecule has 1 unspecified atom stereocenters. The van der Waals surface area contributed by atoms with Gasteiger partial charge in [-0.05, 0) is 44.8 Å². The van der Waals surface area contributed by atoms with E-state index >= 15 is 0 Å². The first-order valence-corrected chi connectivity index (χ1v) is 8.48. The second-order valence-electron chi connectivity index (χ2n) is 5.46. The van der Waals surface area contributed by atoms with Crippen molar-refractivity contribution in [3.8, 4) is 5.88 Å². The highest BCUT2D eigenvalue weighted by atomic mass is 32.1. The molecular weight excluding hydrogens is 284 g/mol. The second kappa shape index (κ2) is 6.58. The molecule has 1 fully saturated rings. The van der Waals surface area contributed by atoms with Crippen molar-refractivity contribution in [3.63, 3.8) is 0 Å². The third kappa shape index (κ3) is 3.27. The number of anilines is 1. The van der Waals surface area contributed by atoms with Crippen molar-refractivity contribution in [1.29, 1.82) is 0 Å². The van der Waals surface area contributed by atoms with Crippen molar-refractivity contribution in [3.05, 3.63) is 11.4 Å². The van der Waals surface area contributed by atoms with E-state index < -0.39 is 0 Å². The highest BCUT2D eigenvalue weighted by molar-refractivity contribution is 7.16. The first-order valence-electron chi connectivity index (χ1n) is 7.60. The molecule has 2 aromatic rings. The SMILES string of the molecule is CCNc1nc(OCC2CCCCN2C)c2ccsc2n1. The van der Waals surface area contributed by atoms with Crippen LogP contribution in [-0.4, -0.2) is 47.7 Å². The van der Waals surface area contributed by atoms with Gasteiger partial charge in [-0.15, -0.1) is 11.3 Å². The Balaban J connectivity index is 1.77. The second-order valence-corrected chi connectivity index (χ2v) is 6.36. The highest BCUT2D eigenvalue weighted by Gasteiger charge is 2.20. The molecule has 0 aromatic carbocycles. The van der Waals surface area contributed by atoms with Crippen LogP contribution in [0.25, 0.3) is 10.2 Å². The lowest BCUT2D eigenvalue weighted by atomic mass is 10.0. The summed E-state index contributed by atoms with van der Waals surface area (Å²) in [6.45, 7) is 4.71. The van der Waals surface area contributed by atoms with Crippen LogP contribution >= 0.6 is 11.3 Å². The number of thiophene rings is 1. The average molecular weight is 306 g/mol. The molecule has 1 atom stereocenters. The molecule has 21 heavy (non-hydrogen) atoms. The van der Waals surface area contributed by atoms with Crippen LogP contribution in [0.1, 0.15) is 26.2 Å². The molecule has 0 amide bonds. The molecule has 0 aliphatic carbocycles. The highest BCUT2D eigenvalue weighted by Crippen LogP contribution is 2.28. The Hall–Kier alpha value is -1.40. The van der Waals surface area contributed by atoms with E-state index in [9.17, 15) is 0 Å². The van der Waals surface area contributed by atoms with Crippen molar-refractivity contribution >= 4 is 27.5 Å². The van der Waals surface area contributed by atoms with Crippen LogP contribution < -0.4 is 10.1 Å². The van der Waals surface area contributed by atoms with E-state index in [2.05, 4.69) is 27.2 Å². The quantitative estimate of drug-likeness (QED) is 0.920. The van der Waals surface area contributed by atoms with Crippen molar-refractivity contribution < 1.29 is 4.74 Å². The largest absolute Gasteiger partial charge is 0.475 e. The smallest absolute Gasteiger partial charge is 0.227 e. The fourth-order valence-corrected chi connectivity index (χ4v) is 3.46. The molecular formula is C15H22N4OS. The number of rotatable bonds is 5. The van der Waals surface area contributed by atoms with Crippen LogP contribution in [0.4, 0.5) is 5.95 Å². The molecule has 5 nitrogen and oxygen atoms in total. The van der Waals surface area contributed by atoms with Crippen LogP contribution in [0, 0.1) is 0 Å². The number of aromatic nitrogens is 2. The zero-order valence-electron chi connectivity index (χ0n) is 12.6. The molecule has 1 aliphatic heterocycles. The Morgan fingerprint density at radius 1 is 1.43 bits per heavy atom. The Kier molecular flexibility index (Phi) is 4.55. The minimum atomic E-state index is 0.491. The maximum Gasteiger partial charge on any atom is 0.227 e. The molecule has 3 heterocycles. The number of ether oxygens (including phenoxy) is 1. The number of piperidine rings is 1. The monoisotopic (exact) mass is 306 g/mol. The van der Waals surface area contributed by atoms with Crippen LogP contribution in [0.3, 0.4) is 0 Å². The van der Waals surface area contributed by atoms with Crippen LogP contribution in [-0.2, 0) is 0 Å². The van der Waals surface area contributed by atoms with Gasteiger partial charge in [0.2, 0.25) is 11.8 Å². The summed E-state index contributed by atoms with van der Waals surface area (Å²) >= 11 is 1.62. The number of likely N-dealkylation sites (tertiary alicyclic amines) is 1. The number of nitrogens with zero attached hydrogens (tertiary/aromatic N) is 3. The molecule has 1 N–H and O–H groups in total. The van der Waals surface area contributed by atoms with Crippen molar-refractivity contribution in [2.45, 2.75) is 32.2 Å². The van der Waals surface area contributed by atoms with Gasteiger partial charge in [-0.3, -0.25) is 0 Å². The Morgan fingerprint density at radius 3 is 3.14 bits per heavy atom. The molecule has 1 saturated heterocycles. The molecule has 0 bridgehead atoms. The summed E-state index contributed by atoms with van der Waals surface area (Å²) in [5.41, 5.74) is 0. The summed E-state index contributed by atoms with van der Waals surface area (Å²) in [5, 5.41) is 6.22. The van der Waals surface area contributed by atoms with Gasteiger partial charge in [-0.1, -0.05) is 6.42 Å². The van der Waals surface area contributed by atoms with Gasteiger partial charge in [0.25, 0.3) is 0 Å². The summed E-state index contributed by atoms with van der Waals surface area (Å²) in [4.78, 5) is 12.4. The van der Waals surface area contributed by atoms with E-state index in [-0.39, 0.29) is 0 Å². The minimum Gasteiger partial charge on any atom is -0.475 e. The Morgan fingerprint density at radius 2 is 2.33 bits per heavy atom. The first-order chi connectivity index (χ1) is 10.3. The molecule has 2 aromatic heterocycles. The van der Waals surface area contributed by atoms with E-state index in [1.807, 2.05) is 18.4 Å². The van der Waals surface area contributed by atoms with Gasteiger partial charge in [-0.25, -0.2) is 4.98 Å². The predicted molar refractivity (Wildman–Crippen MR) is 87.3 cm³/mol. The third-order valence-corrected chi connectivity index (χ3v) is 4.77. The zero-order chi connectivity index (χ0) is 14.7. The van der Waals surface area contributed by atoms with Gasteiger partial charge in [0, 0.05) is 12.6 Å². The zero-order valence-corrected chi connectivity index (χ0v) is 13.4. The van der Waals surface area contributed by atoms with Crippen LogP contribution in [0.2, 0.25) is 0 Å². The molecule has 6 heteroatoms. The van der Waals surface area contributed by atoms with Gasteiger partial charge in [-0.2, -0.15) is 4.98 Å². The summed E-state index contributed by atoms with van der Waals surface area (Å²) < 4.78 is 6.05. The first kappa shape index (κ1) is 14.5. The Bertz CT molecular complexity index is 600. The summed E-state index contributed by atoms with van der Waals surface area (Å²) in [5.74, 6) is 1.36. The maximum atomic E-state index is 6.05. The van der Waals surface area contributed by atoms with Gasteiger partial charge in [0.15, 0.2) is 0 Å². The van der Waals surface area contributed by atoms with E-state index in [4.69, 9.17) is 4.74 Å². The average Bonchev–Trinajstić information content (AvgIpc) is 2.95.